The fourth-order valence-electron chi connectivity index (χ4n) is 0.517. The Bertz CT molecular complexity index is 382. The van der Waals surface area contributed by atoms with E-state index in [1.54, 1.807) is 0 Å². The van der Waals surface area contributed by atoms with Crippen LogP contribution in [0.4, 0.5) is 0 Å². The Morgan fingerprint density at radius 3 is 2.90 bits per heavy atom. The van der Waals surface area contributed by atoms with Crippen LogP contribution in [0, 0.1) is 17.0 Å². The van der Waals surface area contributed by atoms with Gasteiger partial charge in [-0.2, -0.15) is 0 Å². The summed E-state index contributed by atoms with van der Waals surface area (Å²) in [6, 6.07) is 0. The number of nitrogens with one attached hydrogen (secondary N) is 2. The van der Waals surface area contributed by atoms with Gasteiger partial charge >= 0.3 is 5.69 Å². The zero-order chi connectivity index (χ0) is 7.56. The molecule has 3 nitrogen and oxygen atoms in total. The summed E-state index contributed by atoms with van der Waals surface area (Å²) in [6.45, 7) is 0. The van der Waals surface area contributed by atoms with Gasteiger partial charge in [-0.15, -0.1) is 6.42 Å². The molecule has 0 unspecified atom stereocenters. The van der Waals surface area contributed by atoms with Crippen LogP contribution in [0.1, 0.15) is 5.56 Å². The van der Waals surface area contributed by atoms with Crippen LogP contribution in [-0.2, 0) is 0 Å². The van der Waals surface area contributed by atoms with Crippen molar-refractivity contribution in [2.45, 2.75) is 0 Å². The summed E-state index contributed by atoms with van der Waals surface area (Å²) in [7, 11) is 0. The molecule has 0 aliphatic rings. The minimum absolute atomic E-state index is 0.297. The van der Waals surface area contributed by atoms with Crippen molar-refractivity contribution in [3.05, 3.63) is 26.9 Å². The number of hydrogen-bond donors (Lipinski definition) is 2. The summed E-state index contributed by atoms with van der Waals surface area (Å²) in [5, 5.41) is 0. The van der Waals surface area contributed by atoms with Gasteiger partial charge in [0.1, 0.15) is 4.64 Å². The fourth-order valence-corrected chi connectivity index (χ4v) is 0.728. The number of aromatic nitrogens is 2. The Hall–Kier alpha value is -1.34. The fraction of sp³-hybridized carbons (Fsp3) is 0. The number of terminal acetylenes is 1. The summed E-state index contributed by atoms with van der Waals surface area (Å²) in [6.07, 6.45) is 6.45. The first-order valence-corrected chi connectivity index (χ1v) is 2.93. The molecule has 0 amide bonds. The molecule has 0 saturated carbocycles. The van der Waals surface area contributed by atoms with Crippen LogP contribution in [0.5, 0.6) is 0 Å². The second kappa shape index (κ2) is 2.50. The summed E-state index contributed by atoms with van der Waals surface area (Å²) < 4.78 is 0.297. The van der Waals surface area contributed by atoms with Crippen LogP contribution >= 0.6 is 12.2 Å². The summed E-state index contributed by atoms with van der Waals surface area (Å²) >= 11 is 4.72. The van der Waals surface area contributed by atoms with Gasteiger partial charge in [-0.25, -0.2) is 4.79 Å². The molecule has 4 heteroatoms. The maximum Gasteiger partial charge on any atom is 0.323 e. The molecule has 0 fully saturated rings. The molecule has 0 bridgehead atoms. The van der Waals surface area contributed by atoms with Crippen molar-refractivity contribution >= 4 is 12.2 Å². The van der Waals surface area contributed by atoms with Gasteiger partial charge in [-0.1, -0.05) is 18.1 Å². The lowest BCUT2D eigenvalue weighted by Crippen LogP contribution is -2.09. The maximum absolute atomic E-state index is 10.5. The van der Waals surface area contributed by atoms with Gasteiger partial charge in [0.15, 0.2) is 0 Å². The Morgan fingerprint density at radius 1 is 1.70 bits per heavy atom. The van der Waals surface area contributed by atoms with E-state index in [0.29, 0.717) is 10.2 Å². The van der Waals surface area contributed by atoms with Gasteiger partial charge in [-0.3, -0.25) is 4.98 Å². The van der Waals surface area contributed by atoms with Gasteiger partial charge in [0.2, 0.25) is 0 Å². The lowest BCUT2D eigenvalue weighted by Gasteiger charge is -1.86. The smallest absolute Gasteiger partial charge is 0.313 e. The molecule has 0 aromatic carbocycles. The van der Waals surface area contributed by atoms with Crippen molar-refractivity contribution < 1.29 is 0 Å². The molecule has 1 rings (SSSR count). The van der Waals surface area contributed by atoms with E-state index in [9.17, 15) is 4.79 Å². The van der Waals surface area contributed by atoms with E-state index in [1.807, 2.05) is 0 Å². The minimum atomic E-state index is -0.344. The van der Waals surface area contributed by atoms with Crippen molar-refractivity contribution in [3.63, 3.8) is 0 Å². The lowest BCUT2D eigenvalue weighted by molar-refractivity contribution is 1.05. The van der Waals surface area contributed by atoms with Gasteiger partial charge in [0.05, 0.1) is 5.56 Å². The van der Waals surface area contributed by atoms with E-state index in [0.717, 1.165) is 0 Å². The van der Waals surface area contributed by atoms with Crippen molar-refractivity contribution in [1.29, 1.82) is 0 Å². The van der Waals surface area contributed by atoms with Crippen molar-refractivity contribution in [2.75, 3.05) is 0 Å². The highest BCUT2D eigenvalue weighted by Crippen LogP contribution is 1.89. The zero-order valence-corrected chi connectivity index (χ0v) is 5.79. The average Bonchev–Trinajstić information content (AvgIpc) is 1.88. The standard InChI is InChI=1S/C6H4N2OS/c1-2-4-3-7-6(9)8-5(4)10/h1,3H,(H2,7,8,9,10). The monoisotopic (exact) mass is 152 g/mol. The first-order chi connectivity index (χ1) is 4.74. The number of rotatable bonds is 0. The largest absolute Gasteiger partial charge is 0.323 e. The normalized spacial score (nSPS) is 8.70. The van der Waals surface area contributed by atoms with E-state index in [4.69, 9.17) is 18.6 Å². The predicted molar refractivity (Wildman–Crippen MR) is 40.2 cm³/mol. The van der Waals surface area contributed by atoms with Gasteiger partial charge in [0, 0.05) is 6.20 Å². The summed E-state index contributed by atoms with van der Waals surface area (Å²) in [5.74, 6) is 2.32. The molecule has 0 atom stereocenters. The third-order valence-electron chi connectivity index (χ3n) is 0.975. The van der Waals surface area contributed by atoms with Crippen molar-refractivity contribution in [1.82, 2.24) is 9.97 Å². The topological polar surface area (TPSA) is 48.6 Å². The van der Waals surface area contributed by atoms with Crippen LogP contribution in [0.3, 0.4) is 0 Å². The molecular weight excluding hydrogens is 148 g/mol. The Kier molecular flexibility index (Phi) is 1.69. The number of H-pyrrole nitrogens is 2. The van der Waals surface area contributed by atoms with E-state index in [-0.39, 0.29) is 5.69 Å². The molecule has 2 N–H and O–H groups in total. The Balaban J connectivity index is 3.53. The molecule has 1 aromatic heterocycles. The number of hydrogen-bond acceptors (Lipinski definition) is 2. The molecule has 50 valence electrons. The molecular formula is C6H4N2OS. The molecule has 0 radical (unpaired) electrons. The molecule has 0 aliphatic heterocycles. The molecule has 10 heavy (non-hydrogen) atoms. The van der Waals surface area contributed by atoms with Gasteiger partial charge in [0.25, 0.3) is 0 Å². The highest BCUT2D eigenvalue weighted by Gasteiger charge is 1.88. The highest BCUT2D eigenvalue weighted by molar-refractivity contribution is 7.71. The molecule has 0 aliphatic carbocycles. The number of aromatic amines is 2. The lowest BCUT2D eigenvalue weighted by atomic mass is 10.4. The first kappa shape index (κ1) is 6.78. The van der Waals surface area contributed by atoms with Crippen LogP contribution < -0.4 is 5.69 Å². The van der Waals surface area contributed by atoms with E-state index >= 15 is 0 Å². The SMILES string of the molecule is C#Cc1c[nH]c(=O)[nH]c1=S. The van der Waals surface area contributed by atoms with Crippen LogP contribution in [0.25, 0.3) is 0 Å². The van der Waals surface area contributed by atoms with Crippen molar-refractivity contribution in [3.8, 4) is 12.3 Å². The van der Waals surface area contributed by atoms with E-state index in [2.05, 4.69) is 15.9 Å². The van der Waals surface area contributed by atoms with Crippen LogP contribution in [-0.4, -0.2) is 9.97 Å². The summed E-state index contributed by atoms with van der Waals surface area (Å²) in [5.41, 5.74) is 0.151. The quantitative estimate of drug-likeness (QED) is 0.418. The Morgan fingerprint density at radius 2 is 2.40 bits per heavy atom. The average molecular weight is 152 g/mol. The molecule has 1 aromatic rings. The van der Waals surface area contributed by atoms with E-state index in [1.165, 1.54) is 6.20 Å². The second-order valence-corrected chi connectivity index (χ2v) is 2.04. The minimum Gasteiger partial charge on any atom is -0.313 e. The van der Waals surface area contributed by atoms with Crippen LogP contribution in [0.2, 0.25) is 0 Å². The first-order valence-electron chi connectivity index (χ1n) is 2.52. The maximum atomic E-state index is 10.5. The van der Waals surface area contributed by atoms with Gasteiger partial charge < -0.3 is 4.98 Å². The molecule has 0 spiro atoms. The third-order valence-corrected chi connectivity index (χ3v) is 1.30. The van der Waals surface area contributed by atoms with E-state index < -0.39 is 0 Å². The third kappa shape index (κ3) is 1.14. The summed E-state index contributed by atoms with van der Waals surface area (Å²) in [4.78, 5) is 15.2. The van der Waals surface area contributed by atoms with Crippen molar-refractivity contribution in [2.24, 2.45) is 0 Å². The van der Waals surface area contributed by atoms with Crippen LogP contribution in [0.15, 0.2) is 11.0 Å². The molecule has 1 heterocycles. The highest BCUT2D eigenvalue weighted by atomic mass is 32.1. The second-order valence-electron chi connectivity index (χ2n) is 1.63. The van der Waals surface area contributed by atoms with Gasteiger partial charge in [-0.05, 0) is 0 Å². The Labute approximate surface area is 62.1 Å². The zero-order valence-electron chi connectivity index (χ0n) is 4.97. The molecule has 0 saturated heterocycles. The predicted octanol–water partition coefficient (Wildman–Crippen LogP) is 0.414.